The van der Waals surface area contributed by atoms with Crippen LogP contribution in [0.15, 0.2) is 36.7 Å². The molecule has 1 aliphatic rings. The molecule has 1 unspecified atom stereocenters. The van der Waals surface area contributed by atoms with Crippen molar-refractivity contribution in [1.29, 1.82) is 0 Å². The number of nitrogens with zero attached hydrogens (tertiary/aromatic N) is 1. The number of aliphatic hydroxyl groups is 1. The molecule has 0 amide bonds. The van der Waals surface area contributed by atoms with Crippen molar-refractivity contribution in [2.24, 2.45) is 0 Å². The Morgan fingerprint density at radius 1 is 1.26 bits per heavy atom. The Morgan fingerprint density at radius 3 is 2.81 bits per heavy atom. The smallest absolute Gasteiger partial charge is 0.126 e. The number of halogens is 1. The lowest BCUT2D eigenvalue weighted by Crippen LogP contribution is -2.35. The van der Waals surface area contributed by atoms with Gasteiger partial charge in [0.05, 0.1) is 16.9 Å². The van der Waals surface area contributed by atoms with Gasteiger partial charge in [0.2, 0.25) is 0 Å². The van der Waals surface area contributed by atoms with Gasteiger partial charge in [0, 0.05) is 39.7 Å². The molecule has 1 aromatic carbocycles. The molecule has 2 aromatic heterocycles. The summed E-state index contributed by atoms with van der Waals surface area (Å²) in [5, 5.41) is 12.6. The van der Waals surface area contributed by atoms with Gasteiger partial charge in [-0.3, -0.25) is 4.98 Å². The van der Waals surface area contributed by atoms with Crippen LogP contribution in [0.25, 0.3) is 10.1 Å². The van der Waals surface area contributed by atoms with Gasteiger partial charge in [0.15, 0.2) is 0 Å². The van der Waals surface area contributed by atoms with E-state index in [-0.39, 0.29) is 5.41 Å². The predicted octanol–water partition coefficient (Wildman–Crippen LogP) is 5.55. The standard InChI is InChI=1S/C22H24ClNO2S/c1-21(2,25)13-22(3,11-17-9-14-4-6-24-12-19(14)27-17)18-10-16(23)8-15-5-7-26-20(15)18/h4,6,8-10,12,25H,5,7,11,13H2,1-3H3. The van der Waals surface area contributed by atoms with E-state index in [0.29, 0.717) is 13.0 Å². The molecule has 0 radical (unpaired) electrons. The maximum Gasteiger partial charge on any atom is 0.126 e. The molecule has 1 atom stereocenters. The van der Waals surface area contributed by atoms with Crippen molar-refractivity contribution in [1.82, 2.24) is 4.98 Å². The van der Waals surface area contributed by atoms with E-state index in [0.717, 1.165) is 29.2 Å². The number of rotatable bonds is 5. The number of hydrogen-bond acceptors (Lipinski definition) is 4. The van der Waals surface area contributed by atoms with Gasteiger partial charge in [0.25, 0.3) is 0 Å². The van der Waals surface area contributed by atoms with Crippen molar-refractivity contribution in [3.8, 4) is 5.75 Å². The number of fused-ring (bicyclic) bond motifs is 2. The zero-order valence-electron chi connectivity index (χ0n) is 15.9. The van der Waals surface area contributed by atoms with Gasteiger partial charge >= 0.3 is 0 Å². The second-order valence-corrected chi connectivity index (χ2v) is 10.00. The molecule has 3 heterocycles. The normalized spacial score (nSPS) is 16.2. The Morgan fingerprint density at radius 2 is 2.07 bits per heavy atom. The summed E-state index contributed by atoms with van der Waals surface area (Å²) in [6, 6.07) is 8.30. The molecule has 4 rings (SSSR count). The summed E-state index contributed by atoms with van der Waals surface area (Å²) in [5.74, 6) is 0.953. The first kappa shape index (κ1) is 18.7. The minimum absolute atomic E-state index is 0.300. The topological polar surface area (TPSA) is 42.4 Å². The Hall–Kier alpha value is -1.62. The van der Waals surface area contributed by atoms with Crippen molar-refractivity contribution in [3.63, 3.8) is 0 Å². The number of thiophene rings is 1. The highest BCUT2D eigenvalue weighted by Crippen LogP contribution is 2.46. The molecule has 0 saturated carbocycles. The fourth-order valence-corrected chi connectivity index (χ4v) is 5.79. The van der Waals surface area contributed by atoms with E-state index in [1.165, 1.54) is 20.5 Å². The van der Waals surface area contributed by atoms with Crippen molar-refractivity contribution >= 4 is 33.0 Å². The lowest BCUT2D eigenvalue weighted by Gasteiger charge is -2.36. The Bertz CT molecular complexity index is 959. The summed E-state index contributed by atoms with van der Waals surface area (Å²) in [6.45, 7) is 6.63. The number of hydrogen-bond donors (Lipinski definition) is 1. The molecule has 1 aliphatic heterocycles. The van der Waals surface area contributed by atoms with Gasteiger partial charge in [-0.1, -0.05) is 18.5 Å². The Labute approximate surface area is 169 Å². The van der Waals surface area contributed by atoms with Gasteiger partial charge in [-0.2, -0.15) is 0 Å². The van der Waals surface area contributed by atoms with Crippen LogP contribution in [0, 0.1) is 0 Å². The van der Waals surface area contributed by atoms with Crippen LogP contribution >= 0.6 is 22.9 Å². The minimum Gasteiger partial charge on any atom is -0.493 e. The van der Waals surface area contributed by atoms with Crippen LogP contribution in [0.3, 0.4) is 0 Å². The fourth-order valence-electron chi connectivity index (χ4n) is 4.34. The number of benzene rings is 1. The molecule has 0 fully saturated rings. The monoisotopic (exact) mass is 401 g/mol. The van der Waals surface area contributed by atoms with Crippen LogP contribution in [0.2, 0.25) is 5.02 Å². The van der Waals surface area contributed by atoms with Crippen molar-refractivity contribution in [2.75, 3.05) is 6.61 Å². The largest absolute Gasteiger partial charge is 0.493 e. The first-order chi connectivity index (χ1) is 12.7. The molecule has 1 N–H and O–H groups in total. The fraction of sp³-hybridized carbons (Fsp3) is 0.409. The SMILES string of the molecule is CC(C)(O)CC(C)(Cc1cc2ccncc2s1)c1cc(Cl)cc2c1OCC2. The summed E-state index contributed by atoms with van der Waals surface area (Å²) < 4.78 is 7.18. The summed E-state index contributed by atoms with van der Waals surface area (Å²) >= 11 is 8.21. The Kier molecular flexibility index (Phi) is 4.69. The first-order valence-corrected chi connectivity index (χ1v) is 10.4. The van der Waals surface area contributed by atoms with Gasteiger partial charge in [-0.05, 0) is 61.9 Å². The summed E-state index contributed by atoms with van der Waals surface area (Å²) in [5.41, 5.74) is 1.16. The summed E-state index contributed by atoms with van der Waals surface area (Å²) in [4.78, 5) is 5.51. The third-order valence-electron chi connectivity index (χ3n) is 5.16. The third-order valence-corrected chi connectivity index (χ3v) is 6.46. The quantitative estimate of drug-likeness (QED) is 0.609. The number of pyridine rings is 1. The Balaban J connectivity index is 1.81. The van der Waals surface area contributed by atoms with E-state index in [2.05, 4.69) is 18.0 Å². The molecule has 0 bridgehead atoms. The van der Waals surface area contributed by atoms with Crippen LogP contribution in [0.5, 0.6) is 5.75 Å². The second kappa shape index (κ2) is 6.77. The summed E-state index contributed by atoms with van der Waals surface area (Å²) in [7, 11) is 0. The average Bonchev–Trinajstić information content (AvgIpc) is 3.17. The lowest BCUT2D eigenvalue weighted by molar-refractivity contribution is 0.0464. The van der Waals surface area contributed by atoms with Crippen LogP contribution in [-0.2, 0) is 18.3 Å². The zero-order valence-corrected chi connectivity index (χ0v) is 17.5. The molecule has 27 heavy (non-hydrogen) atoms. The molecule has 0 saturated heterocycles. The first-order valence-electron chi connectivity index (χ1n) is 9.24. The van der Waals surface area contributed by atoms with E-state index in [1.807, 2.05) is 44.4 Å². The van der Waals surface area contributed by atoms with E-state index < -0.39 is 5.60 Å². The van der Waals surface area contributed by atoms with Crippen LogP contribution < -0.4 is 4.74 Å². The predicted molar refractivity (Wildman–Crippen MR) is 112 cm³/mol. The molecular formula is C22H24ClNO2S. The van der Waals surface area contributed by atoms with Crippen molar-refractivity contribution in [2.45, 2.75) is 51.0 Å². The van der Waals surface area contributed by atoms with E-state index in [4.69, 9.17) is 16.3 Å². The molecular weight excluding hydrogens is 378 g/mol. The molecule has 3 nitrogen and oxygen atoms in total. The van der Waals surface area contributed by atoms with Gasteiger partial charge in [-0.25, -0.2) is 0 Å². The van der Waals surface area contributed by atoms with Crippen molar-refractivity contribution in [3.05, 3.63) is 57.7 Å². The van der Waals surface area contributed by atoms with Crippen LogP contribution in [-0.4, -0.2) is 22.3 Å². The van der Waals surface area contributed by atoms with E-state index >= 15 is 0 Å². The highest BCUT2D eigenvalue weighted by molar-refractivity contribution is 7.19. The lowest BCUT2D eigenvalue weighted by atomic mass is 9.71. The maximum atomic E-state index is 10.7. The highest BCUT2D eigenvalue weighted by atomic mass is 35.5. The van der Waals surface area contributed by atoms with E-state index in [9.17, 15) is 5.11 Å². The number of aromatic nitrogens is 1. The molecule has 5 heteroatoms. The molecule has 142 valence electrons. The molecule has 3 aromatic rings. The molecule has 0 spiro atoms. The third kappa shape index (κ3) is 3.84. The highest BCUT2D eigenvalue weighted by Gasteiger charge is 2.37. The zero-order chi connectivity index (χ0) is 19.2. The number of ether oxygens (including phenoxy) is 1. The second-order valence-electron chi connectivity index (χ2n) is 8.39. The van der Waals surface area contributed by atoms with Gasteiger partial charge < -0.3 is 9.84 Å². The van der Waals surface area contributed by atoms with Crippen LogP contribution in [0.1, 0.15) is 43.2 Å². The summed E-state index contributed by atoms with van der Waals surface area (Å²) in [6.07, 6.45) is 6.05. The van der Waals surface area contributed by atoms with Crippen LogP contribution in [0.4, 0.5) is 0 Å². The maximum absolute atomic E-state index is 10.7. The average molecular weight is 402 g/mol. The van der Waals surface area contributed by atoms with Gasteiger partial charge in [0.1, 0.15) is 5.75 Å². The van der Waals surface area contributed by atoms with E-state index in [1.54, 1.807) is 11.3 Å². The van der Waals surface area contributed by atoms with Gasteiger partial charge in [-0.15, -0.1) is 11.3 Å². The molecule has 0 aliphatic carbocycles. The minimum atomic E-state index is -0.805. The van der Waals surface area contributed by atoms with Crippen molar-refractivity contribution < 1.29 is 9.84 Å².